The van der Waals surface area contributed by atoms with Crippen molar-refractivity contribution in [3.05, 3.63) is 29.8 Å². The van der Waals surface area contributed by atoms with Gasteiger partial charge >= 0.3 is 0 Å². The summed E-state index contributed by atoms with van der Waals surface area (Å²) in [4.78, 5) is 26.7. The second kappa shape index (κ2) is 9.56. The number of ether oxygens (including phenoxy) is 1. The van der Waals surface area contributed by atoms with Crippen molar-refractivity contribution >= 4 is 11.7 Å². The normalized spacial score (nSPS) is 18.7. The number of piperidine rings is 1. The number of benzene rings is 1. The van der Waals surface area contributed by atoms with Gasteiger partial charge in [-0.1, -0.05) is 6.92 Å². The largest absolute Gasteiger partial charge is 0.494 e. The first-order valence-electron chi connectivity index (χ1n) is 9.34. The van der Waals surface area contributed by atoms with E-state index in [-0.39, 0.29) is 36.6 Å². The lowest BCUT2D eigenvalue weighted by atomic mass is 9.96. The molecule has 25 heavy (non-hydrogen) atoms. The molecule has 1 aromatic rings. The van der Waals surface area contributed by atoms with E-state index in [2.05, 4.69) is 0 Å². The Bertz CT molecular complexity index is 569. The fourth-order valence-electron chi connectivity index (χ4n) is 3.28. The topological polar surface area (TPSA) is 72.6 Å². The molecule has 2 rings (SSSR count). The number of hydrogen-bond donors (Lipinski definition) is 1. The molecule has 2 unspecified atom stereocenters. The van der Waals surface area contributed by atoms with Crippen molar-refractivity contribution in [2.45, 2.75) is 64.5 Å². The summed E-state index contributed by atoms with van der Waals surface area (Å²) in [6.07, 6.45) is 4.51. The molecule has 0 saturated carbocycles. The van der Waals surface area contributed by atoms with Crippen LogP contribution in [0.25, 0.3) is 0 Å². The molecule has 1 aromatic carbocycles. The number of nitrogens with two attached hydrogens (primary N) is 1. The van der Waals surface area contributed by atoms with Gasteiger partial charge in [-0.25, -0.2) is 0 Å². The number of carbonyl (C=O) groups excluding carboxylic acids is 2. The standard InChI is InChI=1S/C20H30N2O3/c1-3-14-25-17-9-7-16(8-10-17)19(23)11-12-20(24)22-13-5-4-6-18(22)15(2)21/h7-10,15,18H,3-6,11-14,21H2,1-2H3. The molecule has 138 valence electrons. The maximum absolute atomic E-state index is 12.5. The summed E-state index contributed by atoms with van der Waals surface area (Å²) in [5, 5.41) is 0. The van der Waals surface area contributed by atoms with Crippen molar-refractivity contribution in [3.63, 3.8) is 0 Å². The smallest absolute Gasteiger partial charge is 0.223 e. The van der Waals surface area contributed by atoms with Gasteiger partial charge in [0.1, 0.15) is 5.75 Å². The van der Waals surface area contributed by atoms with E-state index in [1.807, 2.05) is 30.9 Å². The highest BCUT2D eigenvalue weighted by molar-refractivity contribution is 5.98. The fourth-order valence-corrected chi connectivity index (χ4v) is 3.28. The average molecular weight is 346 g/mol. The van der Waals surface area contributed by atoms with Gasteiger partial charge in [0.05, 0.1) is 6.61 Å². The lowest BCUT2D eigenvalue weighted by Crippen LogP contribution is -2.51. The molecular formula is C20H30N2O3. The third-order valence-electron chi connectivity index (χ3n) is 4.69. The second-order valence-electron chi connectivity index (χ2n) is 6.81. The van der Waals surface area contributed by atoms with Crippen LogP contribution in [0.15, 0.2) is 24.3 Å². The van der Waals surface area contributed by atoms with Crippen LogP contribution >= 0.6 is 0 Å². The van der Waals surface area contributed by atoms with E-state index >= 15 is 0 Å². The minimum atomic E-state index is -0.0318. The summed E-state index contributed by atoms with van der Waals surface area (Å²) in [7, 11) is 0. The van der Waals surface area contributed by atoms with Crippen LogP contribution in [0.1, 0.15) is 62.7 Å². The summed E-state index contributed by atoms with van der Waals surface area (Å²) < 4.78 is 5.52. The first-order chi connectivity index (χ1) is 12.0. The van der Waals surface area contributed by atoms with Crippen molar-refractivity contribution in [2.24, 2.45) is 5.73 Å². The molecule has 0 aromatic heterocycles. The zero-order valence-electron chi connectivity index (χ0n) is 15.4. The number of amides is 1. The number of nitrogens with zero attached hydrogens (tertiary/aromatic N) is 1. The third-order valence-corrected chi connectivity index (χ3v) is 4.69. The molecule has 1 amide bonds. The molecule has 1 fully saturated rings. The van der Waals surface area contributed by atoms with Gasteiger partial charge in [-0.3, -0.25) is 9.59 Å². The van der Waals surface area contributed by atoms with Gasteiger partial charge in [0.25, 0.3) is 0 Å². The van der Waals surface area contributed by atoms with Gasteiger partial charge in [0.15, 0.2) is 5.78 Å². The summed E-state index contributed by atoms with van der Waals surface area (Å²) in [6, 6.07) is 7.22. The lowest BCUT2D eigenvalue weighted by Gasteiger charge is -2.38. The summed E-state index contributed by atoms with van der Waals surface area (Å²) in [5.74, 6) is 0.797. The Morgan fingerprint density at radius 1 is 1.24 bits per heavy atom. The van der Waals surface area contributed by atoms with E-state index in [4.69, 9.17) is 10.5 Å². The first kappa shape index (κ1) is 19.4. The highest BCUT2D eigenvalue weighted by atomic mass is 16.5. The SMILES string of the molecule is CCCOc1ccc(C(=O)CCC(=O)N2CCCCC2C(C)N)cc1. The highest BCUT2D eigenvalue weighted by Crippen LogP contribution is 2.21. The van der Waals surface area contributed by atoms with Crippen LogP contribution < -0.4 is 10.5 Å². The van der Waals surface area contributed by atoms with Crippen molar-refractivity contribution in [3.8, 4) is 5.75 Å². The quantitative estimate of drug-likeness (QED) is 0.734. The minimum Gasteiger partial charge on any atom is -0.494 e. The van der Waals surface area contributed by atoms with Crippen LogP contribution in [-0.2, 0) is 4.79 Å². The minimum absolute atomic E-state index is 0.00949. The van der Waals surface area contributed by atoms with Crippen molar-refractivity contribution < 1.29 is 14.3 Å². The Hall–Kier alpha value is -1.88. The van der Waals surface area contributed by atoms with Crippen LogP contribution in [0.3, 0.4) is 0 Å². The van der Waals surface area contributed by atoms with Crippen LogP contribution in [-0.4, -0.2) is 41.8 Å². The molecule has 0 aliphatic carbocycles. The Morgan fingerprint density at radius 3 is 2.60 bits per heavy atom. The lowest BCUT2D eigenvalue weighted by molar-refractivity contribution is -0.135. The fraction of sp³-hybridized carbons (Fsp3) is 0.600. The van der Waals surface area contributed by atoms with E-state index < -0.39 is 0 Å². The summed E-state index contributed by atoms with van der Waals surface area (Å²) >= 11 is 0. The molecule has 2 atom stereocenters. The molecule has 5 heteroatoms. The van der Waals surface area contributed by atoms with Crippen molar-refractivity contribution in [2.75, 3.05) is 13.2 Å². The first-order valence-corrected chi connectivity index (χ1v) is 9.34. The number of ketones is 1. The summed E-state index contributed by atoms with van der Waals surface area (Å²) in [6.45, 7) is 5.41. The Labute approximate surface area is 150 Å². The molecule has 1 saturated heterocycles. The maximum atomic E-state index is 12.5. The monoisotopic (exact) mass is 346 g/mol. The van der Waals surface area contributed by atoms with Gasteiger partial charge < -0.3 is 15.4 Å². The van der Waals surface area contributed by atoms with Gasteiger partial charge in [0, 0.05) is 37.0 Å². The van der Waals surface area contributed by atoms with Crippen LogP contribution in [0, 0.1) is 0 Å². The van der Waals surface area contributed by atoms with Gasteiger partial charge in [-0.05, 0) is 56.9 Å². The Kier molecular flexibility index (Phi) is 7.44. The molecule has 0 bridgehead atoms. The number of hydrogen-bond acceptors (Lipinski definition) is 4. The number of carbonyl (C=O) groups is 2. The molecule has 0 radical (unpaired) electrons. The molecule has 5 nitrogen and oxygen atoms in total. The van der Waals surface area contributed by atoms with Gasteiger partial charge in [0.2, 0.25) is 5.91 Å². The van der Waals surface area contributed by atoms with Gasteiger partial charge in [-0.2, -0.15) is 0 Å². The summed E-state index contributed by atoms with van der Waals surface area (Å²) in [5.41, 5.74) is 6.64. The molecule has 1 aliphatic rings. The predicted octanol–water partition coefficient (Wildman–Crippen LogP) is 3.17. The zero-order valence-corrected chi connectivity index (χ0v) is 15.4. The van der Waals surface area contributed by atoms with E-state index in [1.165, 1.54) is 0 Å². The third kappa shape index (κ3) is 5.56. The average Bonchev–Trinajstić information content (AvgIpc) is 2.64. The van der Waals surface area contributed by atoms with Crippen LogP contribution in [0.5, 0.6) is 5.75 Å². The van der Waals surface area contributed by atoms with Crippen LogP contribution in [0.2, 0.25) is 0 Å². The molecular weight excluding hydrogens is 316 g/mol. The van der Waals surface area contributed by atoms with Crippen LogP contribution in [0.4, 0.5) is 0 Å². The van der Waals surface area contributed by atoms with Crippen molar-refractivity contribution in [1.29, 1.82) is 0 Å². The predicted molar refractivity (Wildman–Crippen MR) is 98.8 cm³/mol. The van der Waals surface area contributed by atoms with E-state index in [9.17, 15) is 9.59 Å². The number of Topliss-reactive ketones (excluding diaryl/α,β-unsaturated/α-hetero) is 1. The molecule has 1 heterocycles. The van der Waals surface area contributed by atoms with E-state index in [0.717, 1.165) is 38.0 Å². The van der Waals surface area contributed by atoms with E-state index in [1.54, 1.807) is 12.1 Å². The van der Waals surface area contributed by atoms with Crippen molar-refractivity contribution in [1.82, 2.24) is 4.90 Å². The molecule has 1 aliphatic heterocycles. The Balaban J connectivity index is 1.87. The molecule has 2 N–H and O–H groups in total. The zero-order chi connectivity index (χ0) is 18.2. The number of likely N-dealkylation sites (tertiary alicyclic amines) is 1. The Morgan fingerprint density at radius 2 is 1.96 bits per heavy atom. The second-order valence-corrected chi connectivity index (χ2v) is 6.81. The van der Waals surface area contributed by atoms with E-state index in [0.29, 0.717) is 12.2 Å². The number of rotatable bonds is 8. The molecule has 0 spiro atoms. The maximum Gasteiger partial charge on any atom is 0.223 e. The highest BCUT2D eigenvalue weighted by Gasteiger charge is 2.29. The van der Waals surface area contributed by atoms with Gasteiger partial charge in [-0.15, -0.1) is 0 Å².